The summed E-state index contributed by atoms with van der Waals surface area (Å²) < 4.78 is 5.30. The van der Waals surface area contributed by atoms with Crippen molar-refractivity contribution in [3.8, 4) is 0 Å². The van der Waals surface area contributed by atoms with Gasteiger partial charge in [-0.05, 0) is 56.5 Å². The van der Waals surface area contributed by atoms with Gasteiger partial charge < -0.3 is 15.0 Å². The minimum Gasteiger partial charge on any atom is -0.462 e. The summed E-state index contributed by atoms with van der Waals surface area (Å²) in [5.41, 5.74) is 5.84. The largest absolute Gasteiger partial charge is 0.462 e. The number of para-hydroxylation sites is 1. The number of ether oxygens (including phenoxy) is 1. The van der Waals surface area contributed by atoms with Crippen molar-refractivity contribution in [2.24, 2.45) is 0 Å². The second-order valence-electron chi connectivity index (χ2n) is 7.90. The zero-order valence-corrected chi connectivity index (χ0v) is 18.8. The Morgan fingerprint density at radius 3 is 2.52 bits per heavy atom. The maximum absolute atomic E-state index is 12.7. The third-order valence-corrected chi connectivity index (χ3v) is 5.52. The highest BCUT2D eigenvalue weighted by Crippen LogP contribution is 2.23. The van der Waals surface area contributed by atoms with Crippen molar-refractivity contribution in [2.75, 3.05) is 25.5 Å². The van der Waals surface area contributed by atoms with Crippen molar-refractivity contribution < 1.29 is 19.2 Å². The first-order chi connectivity index (χ1) is 14.8. The minimum absolute atomic E-state index is 0.0820. The summed E-state index contributed by atoms with van der Waals surface area (Å²) in [7, 11) is 1.92. The maximum Gasteiger partial charge on any atom is 0.340 e. The number of carbonyl (C=O) groups is 2. The number of likely N-dealkylation sites (N-methyl/N-ethyl adjacent to an activating group) is 1. The van der Waals surface area contributed by atoms with Crippen LogP contribution in [0.5, 0.6) is 0 Å². The van der Waals surface area contributed by atoms with Crippen LogP contribution < -0.4 is 10.2 Å². The molecule has 1 heterocycles. The lowest BCUT2D eigenvalue weighted by atomic mass is 10.0. The molecule has 0 saturated carbocycles. The van der Waals surface area contributed by atoms with Crippen LogP contribution in [0.1, 0.15) is 39.7 Å². The second-order valence-corrected chi connectivity index (χ2v) is 7.90. The van der Waals surface area contributed by atoms with Crippen LogP contribution in [0.3, 0.4) is 0 Å². The first-order valence-corrected chi connectivity index (χ1v) is 10.5. The van der Waals surface area contributed by atoms with Gasteiger partial charge in [0.25, 0.3) is 5.91 Å². The van der Waals surface area contributed by atoms with Crippen LogP contribution in [0.4, 0.5) is 5.69 Å². The van der Waals surface area contributed by atoms with Gasteiger partial charge in [0.1, 0.15) is 12.2 Å². The van der Waals surface area contributed by atoms with Gasteiger partial charge >= 0.3 is 5.97 Å². The molecule has 1 amide bonds. The van der Waals surface area contributed by atoms with Crippen LogP contribution in [0.15, 0.2) is 42.5 Å². The molecule has 2 aromatic carbocycles. The highest BCUT2D eigenvalue weighted by atomic mass is 16.5. The SMILES string of the molecule is CCOC(=O)c1c(C[NH+](C)CC(=O)Nc2cccc(C)c2C)nc2ccccc2c1C. The average Bonchev–Trinajstić information content (AvgIpc) is 2.71. The monoisotopic (exact) mass is 420 g/mol. The third-order valence-electron chi connectivity index (χ3n) is 5.52. The van der Waals surface area contributed by atoms with Gasteiger partial charge in [-0.15, -0.1) is 0 Å². The van der Waals surface area contributed by atoms with Crippen molar-refractivity contribution in [3.05, 3.63) is 70.4 Å². The predicted molar refractivity (Wildman–Crippen MR) is 122 cm³/mol. The molecule has 1 unspecified atom stereocenters. The normalized spacial score (nSPS) is 11.9. The summed E-state index contributed by atoms with van der Waals surface area (Å²) >= 11 is 0. The summed E-state index contributed by atoms with van der Waals surface area (Å²) in [5, 5.41) is 3.92. The van der Waals surface area contributed by atoms with Gasteiger partial charge in [0.15, 0.2) is 6.54 Å². The van der Waals surface area contributed by atoms with Crippen LogP contribution in [0.2, 0.25) is 0 Å². The number of fused-ring (bicyclic) bond motifs is 1. The van der Waals surface area contributed by atoms with Crippen LogP contribution in [0, 0.1) is 20.8 Å². The third kappa shape index (κ3) is 5.09. The van der Waals surface area contributed by atoms with E-state index >= 15 is 0 Å². The van der Waals surface area contributed by atoms with Crippen molar-refractivity contribution in [3.63, 3.8) is 0 Å². The van der Waals surface area contributed by atoms with E-state index in [2.05, 4.69) is 5.32 Å². The molecule has 3 rings (SSSR count). The van der Waals surface area contributed by atoms with Crippen LogP contribution in [-0.2, 0) is 16.1 Å². The summed E-state index contributed by atoms with van der Waals surface area (Å²) in [6.45, 7) is 8.70. The van der Waals surface area contributed by atoms with E-state index in [1.165, 1.54) is 0 Å². The topological polar surface area (TPSA) is 72.7 Å². The molecule has 6 heteroatoms. The summed E-state index contributed by atoms with van der Waals surface area (Å²) in [4.78, 5) is 31.0. The van der Waals surface area contributed by atoms with Crippen LogP contribution in [0.25, 0.3) is 10.9 Å². The maximum atomic E-state index is 12.7. The average molecular weight is 421 g/mol. The fraction of sp³-hybridized carbons (Fsp3) is 0.320. The molecule has 0 aliphatic carbocycles. The van der Waals surface area contributed by atoms with Crippen molar-refractivity contribution in [1.29, 1.82) is 0 Å². The van der Waals surface area contributed by atoms with E-state index in [-0.39, 0.29) is 18.4 Å². The van der Waals surface area contributed by atoms with E-state index in [0.717, 1.165) is 38.2 Å². The van der Waals surface area contributed by atoms with Gasteiger partial charge in [-0.1, -0.05) is 30.3 Å². The Labute approximate surface area is 183 Å². The Morgan fingerprint density at radius 2 is 1.77 bits per heavy atom. The number of aryl methyl sites for hydroxylation is 2. The van der Waals surface area contributed by atoms with E-state index < -0.39 is 0 Å². The van der Waals surface area contributed by atoms with Gasteiger partial charge in [-0.3, -0.25) is 4.79 Å². The Bertz CT molecular complexity index is 1120. The molecule has 0 aliphatic rings. The smallest absolute Gasteiger partial charge is 0.340 e. The van der Waals surface area contributed by atoms with Crippen molar-refractivity contribution >= 4 is 28.5 Å². The number of aromatic nitrogens is 1. The van der Waals surface area contributed by atoms with E-state index in [4.69, 9.17) is 9.72 Å². The molecule has 0 spiro atoms. The number of pyridine rings is 1. The van der Waals surface area contributed by atoms with E-state index in [1.54, 1.807) is 6.92 Å². The summed E-state index contributed by atoms with van der Waals surface area (Å²) in [6, 6.07) is 13.6. The van der Waals surface area contributed by atoms with Crippen LogP contribution in [-0.4, -0.2) is 37.1 Å². The second kappa shape index (κ2) is 9.71. The molecule has 0 fully saturated rings. The van der Waals surface area contributed by atoms with Crippen LogP contribution >= 0.6 is 0 Å². The number of nitrogens with zero attached hydrogens (tertiary/aromatic N) is 1. The molecular weight excluding hydrogens is 390 g/mol. The predicted octanol–water partition coefficient (Wildman–Crippen LogP) is 2.99. The molecule has 162 valence electrons. The number of rotatable bonds is 7. The summed E-state index contributed by atoms with van der Waals surface area (Å²) in [6.07, 6.45) is 0. The molecule has 0 bridgehead atoms. The molecule has 0 radical (unpaired) electrons. The molecule has 2 N–H and O–H groups in total. The molecule has 1 atom stereocenters. The summed E-state index contributed by atoms with van der Waals surface area (Å²) in [5.74, 6) is -0.456. The molecule has 31 heavy (non-hydrogen) atoms. The highest BCUT2D eigenvalue weighted by Gasteiger charge is 2.23. The minimum atomic E-state index is -0.374. The van der Waals surface area contributed by atoms with E-state index in [0.29, 0.717) is 24.4 Å². The Kier molecular flexibility index (Phi) is 7.02. The van der Waals surface area contributed by atoms with Gasteiger partial charge in [-0.25, -0.2) is 9.78 Å². The number of anilines is 1. The molecule has 0 saturated heterocycles. The number of quaternary nitrogens is 1. The van der Waals surface area contributed by atoms with Gasteiger partial charge in [0.05, 0.1) is 24.7 Å². The Hall–Kier alpha value is -3.25. The fourth-order valence-corrected chi connectivity index (χ4v) is 3.75. The highest BCUT2D eigenvalue weighted by molar-refractivity contribution is 5.98. The lowest BCUT2D eigenvalue weighted by Crippen LogP contribution is -3.08. The van der Waals surface area contributed by atoms with Crippen molar-refractivity contribution in [1.82, 2.24) is 4.98 Å². The number of hydrogen-bond acceptors (Lipinski definition) is 4. The fourth-order valence-electron chi connectivity index (χ4n) is 3.75. The number of hydrogen-bond donors (Lipinski definition) is 2. The van der Waals surface area contributed by atoms with E-state index in [1.807, 2.05) is 70.3 Å². The lowest BCUT2D eigenvalue weighted by Gasteiger charge is -2.18. The molecule has 3 aromatic rings. The zero-order chi connectivity index (χ0) is 22.5. The number of carbonyl (C=O) groups excluding carboxylic acids is 2. The van der Waals surface area contributed by atoms with Crippen molar-refractivity contribution in [2.45, 2.75) is 34.2 Å². The molecule has 6 nitrogen and oxygen atoms in total. The zero-order valence-electron chi connectivity index (χ0n) is 18.8. The van der Waals surface area contributed by atoms with Gasteiger partial charge in [-0.2, -0.15) is 0 Å². The molecule has 0 aliphatic heterocycles. The Balaban J connectivity index is 1.82. The van der Waals surface area contributed by atoms with E-state index in [9.17, 15) is 9.59 Å². The number of nitrogens with one attached hydrogen (secondary N) is 2. The molecular formula is C25H30N3O3+. The molecule has 1 aromatic heterocycles. The quantitative estimate of drug-likeness (QED) is 0.577. The number of benzene rings is 2. The standard InChI is InChI=1S/C25H29N3O3/c1-6-31-25(30)24-18(4)19-11-7-8-12-21(19)26-22(24)14-28(5)15-23(29)27-20-13-9-10-16(2)17(20)3/h7-13H,6,14-15H2,1-5H3,(H,27,29)/p+1. The Morgan fingerprint density at radius 1 is 1.03 bits per heavy atom. The number of amides is 1. The number of esters is 1. The first-order valence-electron chi connectivity index (χ1n) is 10.5. The van der Waals surface area contributed by atoms with Gasteiger partial charge in [0.2, 0.25) is 0 Å². The lowest BCUT2D eigenvalue weighted by molar-refractivity contribution is -0.885. The first kappa shape index (κ1) is 22.4. The van der Waals surface area contributed by atoms with Gasteiger partial charge in [0, 0.05) is 11.1 Å².